The number of aromatic nitrogens is 1. The third kappa shape index (κ3) is 4.86. The van der Waals surface area contributed by atoms with Crippen molar-refractivity contribution in [2.45, 2.75) is 50.4 Å². The molecule has 1 rings (SSSR count). The van der Waals surface area contributed by atoms with E-state index in [0.29, 0.717) is 10.6 Å². The summed E-state index contributed by atoms with van der Waals surface area (Å²) in [6.07, 6.45) is 2.51. The van der Waals surface area contributed by atoms with E-state index in [1.165, 1.54) is 11.8 Å². The Hall–Kier alpha value is -1.54. The minimum Gasteiger partial charge on any atom is -0.353 e. The van der Waals surface area contributed by atoms with Crippen LogP contribution in [0.5, 0.6) is 0 Å². The molecule has 0 radical (unpaired) electrons. The zero-order chi connectivity index (χ0) is 15.1. The molecule has 0 aromatic carbocycles. The lowest BCUT2D eigenvalue weighted by Gasteiger charge is -2.21. The molecule has 0 aliphatic carbocycles. The molecule has 20 heavy (non-hydrogen) atoms. The molecule has 1 amide bonds. The van der Waals surface area contributed by atoms with Crippen molar-refractivity contribution in [2.75, 3.05) is 0 Å². The number of carbonyl (C=O) groups excluding carboxylic acids is 1. The van der Waals surface area contributed by atoms with Gasteiger partial charge in [0.25, 0.3) is 0 Å². The largest absolute Gasteiger partial charge is 0.353 e. The van der Waals surface area contributed by atoms with Crippen LogP contribution in [0.4, 0.5) is 0 Å². The average Bonchev–Trinajstić information content (AvgIpc) is 2.44. The van der Waals surface area contributed by atoms with Crippen molar-refractivity contribution in [1.82, 2.24) is 10.3 Å². The van der Waals surface area contributed by atoms with Crippen molar-refractivity contribution in [3.63, 3.8) is 0 Å². The highest BCUT2D eigenvalue weighted by Crippen LogP contribution is 2.27. The van der Waals surface area contributed by atoms with Gasteiger partial charge in [-0.25, -0.2) is 4.98 Å². The highest BCUT2D eigenvalue weighted by atomic mass is 32.2. The minimum absolute atomic E-state index is 0.0310. The monoisotopic (exact) mass is 291 g/mol. The van der Waals surface area contributed by atoms with Gasteiger partial charge in [-0.1, -0.05) is 32.5 Å². The van der Waals surface area contributed by atoms with E-state index in [4.69, 9.17) is 5.26 Å². The van der Waals surface area contributed by atoms with Gasteiger partial charge in [0.05, 0.1) is 21.9 Å². The molecule has 1 N–H and O–H groups in total. The van der Waals surface area contributed by atoms with Crippen molar-refractivity contribution >= 4 is 17.7 Å². The normalized spacial score (nSPS) is 13.6. The summed E-state index contributed by atoms with van der Waals surface area (Å²) in [5.74, 6) is 0.222. The molecule has 0 saturated heterocycles. The second-order valence-corrected chi connectivity index (χ2v) is 6.26. The number of nitriles is 1. The van der Waals surface area contributed by atoms with E-state index in [9.17, 15) is 4.79 Å². The predicted octanol–water partition coefficient (Wildman–Crippen LogP) is 2.98. The fourth-order valence-electron chi connectivity index (χ4n) is 1.59. The molecule has 0 spiro atoms. The number of rotatable bonds is 6. The highest BCUT2D eigenvalue weighted by molar-refractivity contribution is 8.00. The lowest BCUT2D eigenvalue weighted by atomic mass is 10.1. The number of nitrogens with zero attached hydrogens (tertiary/aromatic N) is 2. The number of nitrogens with one attached hydrogen (secondary N) is 1. The molecule has 1 heterocycles. The van der Waals surface area contributed by atoms with Crippen molar-refractivity contribution in [2.24, 2.45) is 5.92 Å². The van der Waals surface area contributed by atoms with Crippen molar-refractivity contribution in [3.05, 3.63) is 23.9 Å². The van der Waals surface area contributed by atoms with E-state index in [1.54, 1.807) is 18.3 Å². The third-order valence-electron chi connectivity index (χ3n) is 2.98. The summed E-state index contributed by atoms with van der Waals surface area (Å²) < 4.78 is 0. The van der Waals surface area contributed by atoms with Gasteiger partial charge in [-0.3, -0.25) is 4.79 Å². The Kier molecular flexibility index (Phi) is 6.53. The SMILES string of the molecule is CC[C@@H](C)NC(=O)[C@H](Sc1cc(C#N)ccn1)C(C)C. The van der Waals surface area contributed by atoms with Gasteiger partial charge < -0.3 is 5.32 Å². The van der Waals surface area contributed by atoms with Crippen LogP contribution in [0.1, 0.15) is 39.7 Å². The summed E-state index contributed by atoms with van der Waals surface area (Å²) in [4.78, 5) is 16.5. The van der Waals surface area contributed by atoms with Crippen LogP contribution in [0.15, 0.2) is 23.4 Å². The van der Waals surface area contributed by atoms with E-state index >= 15 is 0 Å². The van der Waals surface area contributed by atoms with Gasteiger partial charge in [-0.05, 0) is 31.4 Å². The zero-order valence-corrected chi connectivity index (χ0v) is 13.2. The maximum atomic E-state index is 12.3. The predicted molar refractivity (Wildman–Crippen MR) is 81.3 cm³/mol. The molecule has 0 aliphatic heterocycles. The summed E-state index contributed by atoms with van der Waals surface area (Å²) in [6.45, 7) is 8.07. The van der Waals surface area contributed by atoms with Crippen molar-refractivity contribution in [1.29, 1.82) is 5.26 Å². The topological polar surface area (TPSA) is 65.8 Å². The van der Waals surface area contributed by atoms with Crippen molar-refractivity contribution in [3.8, 4) is 6.07 Å². The van der Waals surface area contributed by atoms with Crippen molar-refractivity contribution < 1.29 is 4.79 Å². The number of hydrogen-bond acceptors (Lipinski definition) is 4. The number of thioether (sulfide) groups is 1. The number of pyridine rings is 1. The molecule has 0 unspecified atom stereocenters. The van der Waals surface area contributed by atoms with Crippen LogP contribution < -0.4 is 5.32 Å². The van der Waals surface area contributed by atoms with Crippen LogP contribution in [0.2, 0.25) is 0 Å². The highest BCUT2D eigenvalue weighted by Gasteiger charge is 2.24. The van der Waals surface area contributed by atoms with Gasteiger partial charge >= 0.3 is 0 Å². The maximum absolute atomic E-state index is 12.3. The fourth-order valence-corrected chi connectivity index (χ4v) is 2.62. The number of carbonyl (C=O) groups is 1. The maximum Gasteiger partial charge on any atom is 0.234 e. The first-order valence-electron chi connectivity index (χ1n) is 6.81. The number of amides is 1. The Morgan fingerprint density at radius 1 is 1.50 bits per heavy atom. The molecule has 0 aliphatic rings. The lowest BCUT2D eigenvalue weighted by molar-refractivity contribution is -0.121. The van der Waals surface area contributed by atoms with Crippen LogP contribution in [-0.2, 0) is 4.79 Å². The summed E-state index contributed by atoms with van der Waals surface area (Å²) in [6, 6.07) is 5.63. The lowest BCUT2D eigenvalue weighted by Crippen LogP contribution is -2.40. The quantitative estimate of drug-likeness (QED) is 0.818. The summed E-state index contributed by atoms with van der Waals surface area (Å²) in [5, 5.41) is 12.4. The molecule has 108 valence electrons. The smallest absolute Gasteiger partial charge is 0.234 e. The van der Waals surface area contributed by atoms with Gasteiger partial charge in [0, 0.05) is 12.2 Å². The molecule has 4 nitrogen and oxygen atoms in total. The minimum atomic E-state index is -0.203. The van der Waals surface area contributed by atoms with Gasteiger partial charge in [0.1, 0.15) is 0 Å². The molecule has 0 bridgehead atoms. The first kappa shape index (κ1) is 16.5. The second kappa shape index (κ2) is 7.91. The fraction of sp³-hybridized carbons (Fsp3) is 0.533. The Bertz CT molecular complexity index is 496. The van der Waals surface area contributed by atoms with E-state index < -0.39 is 0 Å². The Morgan fingerprint density at radius 3 is 2.75 bits per heavy atom. The van der Waals surface area contributed by atoms with E-state index in [2.05, 4.69) is 16.4 Å². The zero-order valence-electron chi connectivity index (χ0n) is 12.4. The molecular weight excluding hydrogens is 270 g/mol. The van der Waals surface area contributed by atoms with Crippen LogP contribution in [-0.4, -0.2) is 22.2 Å². The van der Waals surface area contributed by atoms with Crippen LogP contribution in [0.25, 0.3) is 0 Å². The molecule has 2 atom stereocenters. The van der Waals surface area contributed by atoms with Crippen LogP contribution in [0, 0.1) is 17.2 Å². The second-order valence-electron chi connectivity index (χ2n) is 5.09. The molecule has 1 aromatic rings. The van der Waals surface area contributed by atoms with Crippen LogP contribution in [0.3, 0.4) is 0 Å². The summed E-state index contributed by atoms with van der Waals surface area (Å²) in [7, 11) is 0. The summed E-state index contributed by atoms with van der Waals surface area (Å²) >= 11 is 1.41. The standard InChI is InChI=1S/C15H21N3OS/c1-5-11(4)18-15(19)14(10(2)3)20-13-8-12(9-16)6-7-17-13/h6-8,10-11,14H,5H2,1-4H3,(H,18,19)/t11-,14-/m1/s1. The molecule has 0 fully saturated rings. The molecule has 1 aromatic heterocycles. The van der Waals surface area contributed by atoms with Gasteiger partial charge in [-0.2, -0.15) is 5.26 Å². The van der Waals surface area contributed by atoms with Crippen LogP contribution >= 0.6 is 11.8 Å². The molecular formula is C15H21N3OS. The van der Waals surface area contributed by atoms with Gasteiger partial charge in [0.2, 0.25) is 5.91 Å². The van der Waals surface area contributed by atoms with E-state index in [1.807, 2.05) is 27.7 Å². The Labute approximate surface area is 125 Å². The van der Waals surface area contributed by atoms with E-state index in [-0.39, 0.29) is 23.1 Å². The Balaban J connectivity index is 2.81. The van der Waals surface area contributed by atoms with Gasteiger partial charge in [-0.15, -0.1) is 0 Å². The third-order valence-corrected chi connectivity index (χ3v) is 4.45. The summed E-state index contributed by atoms with van der Waals surface area (Å²) in [5.41, 5.74) is 0.562. The first-order valence-corrected chi connectivity index (χ1v) is 7.69. The number of hydrogen-bond donors (Lipinski definition) is 1. The Morgan fingerprint density at radius 2 is 2.20 bits per heavy atom. The average molecular weight is 291 g/mol. The molecule has 5 heteroatoms. The first-order chi connectivity index (χ1) is 9.47. The van der Waals surface area contributed by atoms with Gasteiger partial charge in [0.15, 0.2) is 0 Å². The van der Waals surface area contributed by atoms with E-state index in [0.717, 1.165) is 6.42 Å². The molecule has 0 saturated carbocycles.